The Kier molecular flexibility index (Phi) is 3.26. The van der Waals surface area contributed by atoms with E-state index in [1.807, 2.05) is 13.8 Å². The van der Waals surface area contributed by atoms with E-state index in [1.54, 1.807) is 12.1 Å². The van der Waals surface area contributed by atoms with Gasteiger partial charge in [0.05, 0.1) is 5.56 Å². The van der Waals surface area contributed by atoms with Crippen molar-refractivity contribution in [2.45, 2.75) is 19.4 Å². The maximum Gasteiger partial charge on any atom is 0.250 e. The SMILES string of the molecule is CC(C)(N)COc1ccc(C(N)=O)cn1. The molecule has 0 bridgehead atoms. The molecular formula is C10H15N3O2. The molecule has 82 valence electrons. The summed E-state index contributed by atoms with van der Waals surface area (Å²) in [4.78, 5) is 14.7. The van der Waals surface area contributed by atoms with Crippen molar-refractivity contribution in [3.05, 3.63) is 23.9 Å². The highest BCUT2D eigenvalue weighted by atomic mass is 16.5. The molecule has 0 saturated carbocycles. The van der Waals surface area contributed by atoms with Crippen molar-refractivity contribution in [2.24, 2.45) is 11.5 Å². The Labute approximate surface area is 88.4 Å². The second-order valence-electron chi connectivity index (χ2n) is 4.03. The van der Waals surface area contributed by atoms with Crippen molar-refractivity contribution in [3.63, 3.8) is 0 Å². The summed E-state index contributed by atoms with van der Waals surface area (Å²) in [5.41, 5.74) is 10.7. The number of aromatic nitrogens is 1. The topological polar surface area (TPSA) is 91.2 Å². The van der Waals surface area contributed by atoms with Crippen molar-refractivity contribution in [1.82, 2.24) is 4.98 Å². The summed E-state index contributed by atoms with van der Waals surface area (Å²) >= 11 is 0. The van der Waals surface area contributed by atoms with Gasteiger partial charge in [-0.3, -0.25) is 4.79 Å². The van der Waals surface area contributed by atoms with E-state index in [4.69, 9.17) is 16.2 Å². The summed E-state index contributed by atoms with van der Waals surface area (Å²) in [7, 11) is 0. The molecular weight excluding hydrogens is 194 g/mol. The highest BCUT2D eigenvalue weighted by molar-refractivity contribution is 5.92. The number of rotatable bonds is 4. The zero-order valence-corrected chi connectivity index (χ0v) is 8.86. The quantitative estimate of drug-likeness (QED) is 0.745. The molecule has 5 nitrogen and oxygen atoms in total. The summed E-state index contributed by atoms with van der Waals surface area (Å²) in [6.07, 6.45) is 1.38. The number of amides is 1. The lowest BCUT2D eigenvalue weighted by Crippen LogP contribution is -2.38. The van der Waals surface area contributed by atoms with Crippen LogP contribution in [0.2, 0.25) is 0 Å². The third-order valence-corrected chi connectivity index (χ3v) is 1.61. The molecule has 0 saturated heterocycles. The molecule has 1 aromatic rings. The van der Waals surface area contributed by atoms with Crippen molar-refractivity contribution >= 4 is 5.91 Å². The van der Waals surface area contributed by atoms with E-state index < -0.39 is 11.4 Å². The molecule has 1 heterocycles. The number of hydrogen-bond acceptors (Lipinski definition) is 4. The normalized spacial score (nSPS) is 11.1. The van der Waals surface area contributed by atoms with E-state index in [1.165, 1.54) is 6.20 Å². The maximum atomic E-state index is 10.8. The van der Waals surface area contributed by atoms with Crippen LogP contribution in [0.25, 0.3) is 0 Å². The van der Waals surface area contributed by atoms with E-state index in [-0.39, 0.29) is 0 Å². The lowest BCUT2D eigenvalue weighted by molar-refractivity contribution is 0.1000. The van der Waals surface area contributed by atoms with Crippen molar-refractivity contribution in [2.75, 3.05) is 6.61 Å². The van der Waals surface area contributed by atoms with Gasteiger partial charge in [0, 0.05) is 17.8 Å². The van der Waals surface area contributed by atoms with Gasteiger partial charge in [-0.2, -0.15) is 0 Å². The zero-order valence-electron chi connectivity index (χ0n) is 8.86. The van der Waals surface area contributed by atoms with E-state index in [0.717, 1.165) is 0 Å². The number of nitrogens with two attached hydrogens (primary N) is 2. The number of pyridine rings is 1. The zero-order chi connectivity index (χ0) is 11.5. The second kappa shape index (κ2) is 4.27. The van der Waals surface area contributed by atoms with Crippen LogP contribution >= 0.6 is 0 Å². The van der Waals surface area contributed by atoms with Gasteiger partial charge in [0.25, 0.3) is 0 Å². The molecule has 0 spiro atoms. The van der Waals surface area contributed by atoms with Gasteiger partial charge in [0.15, 0.2) is 0 Å². The standard InChI is InChI=1S/C10H15N3O2/c1-10(2,12)6-15-8-4-3-7(5-13-8)9(11)14/h3-5H,6,12H2,1-2H3,(H2,11,14). The lowest BCUT2D eigenvalue weighted by atomic mass is 10.1. The molecule has 0 aliphatic carbocycles. The third kappa shape index (κ3) is 3.95. The highest BCUT2D eigenvalue weighted by Gasteiger charge is 2.11. The summed E-state index contributed by atoms with van der Waals surface area (Å²) in [5.74, 6) is -0.0771. The minimum absolute atomic E-state index is 0.356. The number of carbonyl (C=O) groups excluding carboxylic acids is 1. The predicted octanol–water partition coefficient (Wildman–Crippen LogP) is 0.297. The molecule has 0 radical (unpaired) electrons. The van der Waals surface area contributed by atoms with E-state index >= 15 is 0 Å². The monoisotopic (exact) mass is 209 g/mol. The fourth-order valence-electron chi connectivity index (χ4n) is 0.871. The average Bonchev–Trinajstić information content (AvgIpc) is 2.14. The first-order chi connectivity index (χ1) is 6.88. The third-order valence-electron chi connectivity index (χ3n) is 1.61. The smallest absolute Gasteiger partial charge is 0.250 e. The molecule has 1 rings (SSSR count). The summed E-state index contributed by atoms with van der Waals surface area (Å²) in [6.45, 7) is 4.06. The Morgan fingerprint density at radius 3 is 2.60 bits per heavy atom. The summed E-state index contributed by atoms with van der Waals surface area (Å²) in [5, 5.41) is 0. The van der Waals surface area contributed by atoms with Gasteiger partial charge in [-0.15, -0.1) is 0 Å². The molecule has 15 heavy (non-hydrogen) atoms. The molecule has 0 aliphatic heterocycles. The summed E-state index contributed by atoms with van der Waals surface area (Å²) < 4.78 is 5.32. The Morgan fingerprint density at radius 1 is 1.53 bits per heavy atom. The van der Waals surface area contributed by atoms with Crippen LogP contribution in [0.1, 0.15) is 24.2 Å². The van der Waals surface area contributed by atoms with Crippen LogP contribution in [-0.2, 0) is 0 Å². The van der Waals surface area contributed by atoms with Crippen molar-refractivity contribution < 1.29 is 9.53 Å². The van der Waals surface area contributed by atoms with E-state index in [2.05, 4.69) is 4.98 Å². The average molecular weight is 209 g/mol. The molecule has 0 aromatic carbocycles. The van der Waals surface area contributed by atoms with Crippen LogP contribution in [0.5, 0.6) is 5.88 Å². The molecule has 0 atom stereocenters. The molecule has 0 fully saturated rings. The van der Waals surface area contributed by atoms with Crippen LogP contribution < -0.4 is 16.2 Å². The fraction of sp³-hybridized carbons (Fsp3) is 0.400. The van der Waals surface area contributed by atoms with Crippen LogP contribution in [0.4, 0.5) is 0 Å². The Hall–Kier alpha value is -1.62. The van der Waals surface area contributed by atoms with Crippen LogP contribution in [0.15, 0.2) is 18.3 Å². The number of carbonyl (C=O) groups is 1. The van der Waals surface area contributed by atoms with Gasteiger partial charge in [-0.1, -0.05) is 0 Å². The first kappa shape index (κ1) is 11.5. The van der Waals surface area contributed by atoms with Crippen LogP contribution in [0, 0.1) is 0 Å². The Morgan fingerprint density at radius 2 is 2.20 bits per heavy atom. The van der Waals surface area contributed by atoms with Crippen molar-refractivity contribution in [3.8, 4) is 5.88 Å². The maximum absolute atomic E-state index is 10.8. The largest absolute Gasteiger partial charge is 0.476 e. The first-order valence-electron chi connectivity index (χ1n) is 4.56. The number of primary amides is 1. The molecule has 4 N–H and O–H groups in total. The Bertz CT molecular complexity index is 341. The van der Waals surface area contributed by atoms with Gasteiger partial charge in [0.1, 0.15) is 6.61 Å². The number of nitrogens with zero attached hydrogens (tertiary/aromatic N) is 1. The van der Waals surface area contributed by atoms with Gasteiger partial charge in [-0.05, 0) is 19.9 Å². The van der Waals surface area contributed by atoms with E-state index in [0.29, 0.717) is 18.1 Å². The van der Waals surface area contributed by atoms with Gasteiger partial charge in [-0.25, -0.2) is 4.98 Å². The van der Waals surface area contributed by atoms with Gasteiger partial charge < -0.3 is 16.2 Å². The Balaban J connectivity index is 2.61. The predicted molar refractivity (Wildman–Crippen MR) is 56.5 cm³/mol. The minimum atomic E-state index is -0.506. The van der Waals surface area contributed by atoms with Crippen LogP contribution in [0.3, 0.4) is 0 Å². The second-order valence-corrected chi connectivity index (χ2v) is 4.03. The highest BCUT2D eigenvalue weighted by Crippen LogP contribution is 2.09. The summed E-state index contributed by atoms with van der Waals surface area (Å²) in [6, 6.07) is 3.15. The van der Waals surface area contributed by atoms with E-state index in [9.17, 15) is 4.79 Å². The lowest BCUT2D eigenvalue weighted by Gasteiger charge is -2.18. The van der Waals surface area contributed by atoms with Gasteiger partial charge >= 0.3 is 0 Å². The number of hydrogen-bond donors (Lipinski definition) is 2. The fourth-order valence-corrected chi connectivity index (χ4v) is 0.871. The molecule has 1 aromatic heterocycles. The number of ether oxygens (including phenoxy) is 1. The first-order valence-corrected chi connectivity index (χ1v) is 4.56. The molecule has 0 aliphatic rings. The minimum Gasteiger partial charge on any atom is -0.476 e. The van der Waals surface area contributed by atoms with Crippen molar-refractivity contribution in [1.29, 1.82) is 0 Å². The van der Waals surface area contributed by atoms with Gasteiger partial charge in [0.2, 0.25) is 11.8 Å². The van der Waals surface area contributed by atoms with Crippen LogP contribution in [-0.4, -0.2) is 23.0 Å². The molecule has 0 unspecified atom stereocenters. The molecule has 1 amide bonds. The molecule has 5 heteroatoms.